The first kappa shape index (κ1) is 12.2. The summed E-state index contributed by atoms with van der Waals surface area (Å²) in [5.41, 5.74) is -0.394. The van der Waals surface area contributed by atoms with E-state index in [-0.39, 0.29) is 11.4 Å². The molecular formula is C11H7F3N2O2. The van der Waals surface area contributed by atoms with Crippen LogP contribution in [0.2, 0.25) is 0 Å². The summed E-state index contributed by atoms with van der Waals surface area (Å²) in [5, 5.41) is 0. The summed E-state index contributed by atoms with van der Waals surface area (Å²) in [6, 6.07) is 6.60. The fourth-order valence-electron chi connectivity index (χ4n) is 1.38. The van der Waals surface area contributed by atoms with Gasteiger partial charge in [-0.15, -0.1) is 13.2 Å². The van der Waals surface area contributed by atoms with E-state index in [9.17, 15) is 18.0 Å². The van der Waals surface area contributed by atoms with Gasteiger partial charge in [0.2, 0.25) is 0 Å². The normalized spacial score (nSPS) is 11.3. The van der Waals surface area contributed by atoms with Crippen LogP contribution < -0.4 is 10.3 Å². The SMILES string of the molecule is O=c1ccnc(-c2ccccc2OC(F)(F)F)[nH]1. The summed E-state index contributed by atoms with van der Waals surface area (Å²) in [6.45, 7) is 0. The number of alkyl halides is 3. The van der Waals surface area contributed by atoms with E-state index in [0.29, 0.717) is 0 Å². The van der Waals surface area contributed by atoms with Gasteiger partial charge in [0.05, 0.1) is 5.56 Å². The first-order chi connectivity index (χ1) is 8.46. The van der Waals surface area contributed by atoms with Crippen LogP contribution in [0.25, 0.3) is 11.4 Å². The second-order valence-corrected chi connectivity index (χ2v) is 3.33. The minimum Gasteiger partial charge on any atom is -0.405 e. The van der Waals surface area contributed by atoms with Gasteiger partial charge in [-0.05, 0) is 12.1 Å². The van der Waals surface area contributed by atoms with Crippen LogP contribution in [0.4, 0.5) is 13.2 Å². The predicted octanol–water partition coefficient (Wildman–Crippen LogP) is 2.34. The Balaban J connectivity index is 2.48. The van der Waals surface area contributed by atoms with Crippen molar-refractivity contribution < 1.29 is 17.9 Å². The molecule has 1 aromatic heterocycles. The number of para-hydroxylation sites is 1. The molecule has 0 unspecified atom stereocenters. The summed E-state index contributed by atoms with van der Waals surface area (Å²) >= 11 is 0. The van der Waals surface area contributed by atoms with Crippen LogP contribution in [0, 0.1) is 0 Å². The Morgan fingerprint density at radius 3 is 2.56 bits per heavy atom. The number of aromatic amines is 1. The standard InChI is InChI=1S/C11H7F3N2O2/c12-11(13,14)18-8-4-2-1-3-7(8)10-15-6-5-9(17)16-10/h1-6H,(H,15,16,17). The number of rotatable bonds is 2. The van der Waals surface area contributed by atoms with E-state index in [1.807, 2.05) is 0 Å². The lowest BCUT2D eigenvalue weighted by molar-refractivity contribution is -0.274. The van der Waals surface area contributed by atoms with Crippen molar-refractivity contribution in [3.8, 4) is 17.1 Å². The molecule has 1 heterocycles. The quantitative estimate of drug-likeness (QED) is 0.897. The lowest BCUT2D eigenvalue weighted by Crippen LogP contribution is -2.18. The molecule has 0 radical (unpaired) electrons. The number of nitrogens with zero attached hydrogens (tertiary/aromatic N) is 1. The lowest BCUT2D eigenvalue weighted by Gasteiger charge is -2.12. The van der Waals surface area contributed by atoms with Crippen molar-refractivity contribution in [3.63, 3.8) is 0 Å². The van der Waals surface area contributed by atoms with Crippen LogP contribution in [0.1, 0.15) is 0 Å². The van der Waals surface area contributed by atoms with E-state index in [1.54, 1.807) is 0 Å². The van der Waals surface area contributed by atoms with Crippen molar-refractivity contribution in [2.75, 3.05) is 0 Å². The Bertz CT molecular complexity index is 607. The minimum atomic E-state index is -4.80. The summed E-state index contributed by atoms with van der Waals surface area (Å²) in [5.74, 6) is -0.401. The van der Waals surface area contributed by atoms with Gasteiger partial charge in [-0.2, -0.15) is 0 Å². The van der Waals surface area contributed by atoms with Gasteiger partial charge in [0.15, 0.2) is 0 Å². The smallest absolute Gasteiger partial charge is 0.405 e. The average molecular weight is 256 g/mol. The summed E-state index contributed by atoms with van der Waals surface area (Å²) < 4.78 is 40.5. The maximum atomic E-state index is 12.2. The zero-order valence-electron chi connectivity index (χ0n) is 8.86. The zero-order chi connectivity index (χ0) is 13.2. The lowest BCUT2D eigenvalue weighted by atomic mass is 10.2. The second kappa shape index (κ2) is 4.52. The molecule has 2 aromatic rings. The highest BCUT2D eigenvalue weighted by Crippen LogP contribution is 2.31. The molecule has 4 nitrogen and oxygen atoms in total. The van der Waals surface area contributed by atoms with Gasteiger partial charge in [-0.3, -0.25) is 4.79 Å². The fourth-order valence-corrected chi connectivity index (χ4v) is 1.38. The molecule has 1 aromatic carbocycles. The third-order valence-corrected chi connectivity index (χ3v) is 2.04. The maximum absolute atomic E-state index is 12.2. The van der Waals surface area contributed by atoms with E-state index in [0.717, 1.165) is 12.1 Å². The summed E-state index contributed by atoms with van der Waals surface area (Å²) in [7, 11) is 0. The molecule has 0 saturated heterocycles. The van der Waals surface area contributed by atoms with Crippen molar-refractivity contribution in [1.29, 1.82) is 0 Å². The van der Waals surface area contributed by atoms with Crippen molar-refractivity contribution in [3.05, 3.63) is 46.9 Å². The van der Waals surface area contributed by atoms with Crippen LogP contribution in [-0.4, -0.2) is 16.3 Å². The largest absolute Gasteiger partial charge is 0.573 e. The van der Waals surface area contributed by atoms with E-state index in [2.05, 4.69) is 14.7 Å². The van der Waals surface area contributed by atoms with Crippen molar-refractivity contribution in [2.24, 2.45) is 0 Å². The Morgan fingerprint density at radius 2 is 1.89 bits per heavy atom. The number of aromatic nitrogens is 2. The highest BCUT2D eigenvalue weighted by atomic mass is 19.4. The van der Waals surface area contributed by atoms with Crippen molar-refractivity contribution in [1.82, 2.24) is 9.97 Å². The minimum absolute atomic E-state index is 0.0161. The molecule has 0 aliphatic heterocycles. The summed E-state index contributed by atoms with van der Waals surface area (Å²) in [6.07, 6.45) is -3.59. The number of benzene rings is 1. The number of halogens is 3. The molecule has 0 bridgehead atoms. The van der Waals surface area contributed by atoms with Gasteiger partial charge < -0.3 is 9.72 Å². The molecule has 0 aliphatic carbocycles. The van der Waals surface area contributed by atoms with Gasteiger partial charge in [-0.25, -0.2) is 4.98 Å². The molecule has 7 heteroatoms. The van der Waals surface area contributed by atoms with Crippen LogP contribution in [-0.2, 0) is 0 Å². The molecule has 0 aliphatic rings. The number of hydrogen-bond acceptors (Lipinski definition) is 3. The second-order valence-electron chi connectivity index (χ2n) is 3.33. The maximum Gasteiger partial charge on any atom is 0.573 e. The average Bonchev–Trinajstić information content (AvgIpc) is 2.27. The molecule has 1 N–H and O–H groups in total. The van der Waals surface area contributed by atoms with Gasteiger partial charge in [0.25, 0.3) is 5.56 Å². The predicted molar refractivity (Wildman–Crippen MR) is 57.0 cm³/mol. The zero-order valence-corrected chi connectivity index (χ0v) is 8.86. The topological polar surface area (TPSA) is 55.0 Å². The Labute approximate surface area is 99.1 Å². The third kappa shape index (κ3) is 2.88. The van der Waals surface area contributed by atoms with Crippen molar-refractivity contribution in [2.45, 2.75) is 6.36 Å². The van der Waals surface area contributed by atoms with Crippen LogP contribution in [0.5, 0.6) is 5.75 Å². The first-order valence-electron chi connectivity index (χ1n) is 4.86. The fraction of sp³-hybridized carbons (Fsp3) is 0.0909. The molecule has 0 spiro atoms. The Morgan fingerprint density at radius 1 is 1.17 bits per heavy atom. The number of nitrogens with one attached hydrogen (secondary N) is 1. The molecule has 0 saturated carbocycles. The molecule has 2 rings (SSSR count). The monoisotopic (exact) mass is 256 g/mol. The third-order valence-electron chi connectivity index (χ3n) is 2.04. The number of hydrogen-bond donors (Lipinski definition) is 1. The highest BCUT2D eigenvalue weighted by molar-refractivity contribution is 5.63. The first-order valence-corrected chi connectivity index (χ1v) is 4.86. The molecule has 0 atom stereocenters. The molecular weight excluding hydrogens is 249 g/mol. The Hall–Kier alpha value is -2.31. The van der Waals surface area contributed by atoms with Crippen molar-refractivity contribution >= 4 is 0 Å². The highest BCUT2D eigenvalue weighted by Gasteiger charge is 2.32. The van der Waals surface area contributed by atoms with Gasteiger partial charge in [0, 0.05) is 12.3 Å². The number of H-pyrrole nitrogens is 1. The molecule has 94 valence electrons. The van der Waals surface area contributed by atoms with E-state index in [1.165, 1.54) is 24.4 Å². The van der Waals surface area contributed by atoms with Gasteiger partial charge in [0.1, 0.15) is 11.6 Å². The van der Waals surface area contributed by atoms with Gasteiger partial charge in [-0.1, -0.05) is 12.1 Å². The Kier molecular flexibility index (Phi) is 3.05. The molecule has 0 amide bonds. The molecule has 0 fully saturated rings. The number of ether oxygens (including phenoxy) is 1. The van der Waals surface area contributed by atoms with Crippen LogP contribution in [0.15, 0.2) is 41.3 Å². The van der Waals surface area contributed by atoms with E-state index < -0.39 is 17.7 Å². The van der Waals surface area contributed by atoms with Crippen LogP contribution in [0.3, 0.4) is 0 Å². The van der Waals surface area contributed by atoms with E-state index >= 15 is 0 Å². The van der Waals surface area contributed by atoms with E-state index in [4.69, 9.17) is 0 Å². The van der Waals surface area contributed by atoms with Gasteiger partial charge >= 0.3 is 6.36 Å². The van der Waals surface area contributed by atoms with Crippen LogP contribution >= 0.6 is 0 Å². The summed E-state index contributed by atoms with van der Waals surface area (Å²) in [4.78, 5) is 17.2. The molecule has 18 heavy (non-hydrogen) atoms.